The van der Waals surface area contributed by atoms with Crippen molar-refractivity contribution < 1.29 is 4.79 Å². The van der Waals surface area contributed by atoms with E-state index in [0.29, 0.717) is 0 Å². The average molecular weight is 188 g/mol. The van der Waals surface area contributed by atoms with Gasteiger partial charge in [0.1, 0.15) is 6.79 Å². The van der Waals surface area contributed by atoms with E-state index in [1.807, 2.05) is 43.2 Å². The van der Waals surface area contributed by atoms with Crippen LogP contribution in [0.4, 0.5) is 0 Å². The van der Waals surface area contributed by atoms with Gasteiger partial charge < -0.3 is 4.79 Å². The molecular formula is C13H16O. The molecule has 0 fully saturated rings. The van der Waals surface area contributed by atoms with Crippen molar-refractivity contribution in [1.82, 2.24) is 0 Å². The summed E-state index contributed by atoms with van der Waals surface area (Å²) >= 11 is 0. The van der Waals surface area contributed by atoms with Crippen molar-refractivity contribution in [2.45, 2.75) is 0 Å². The quantitative estimate of drug-likeness (QED) is 0.649. The van der Waals surface area contributed by atoms with Gasteiger partial charge in [-0.05, 0) is 5.56 Å². The summed E-state index contributed by atoms with van der Waals surface area (Å²) in [6.45, 7) is 12.4. The first kappa shape index (κ1) is 14.6. The zero-order valence-corrected chi connectivity index (χ0v) is 8.36. The van der Waals surface area contributed by atoms with Gasteiger partial charge in [-0.15, -0.1) is 0 Å². The molecule has 0 spiro atoms. The second-order valence-electron chi connectivity index (χ2n) is 2.09. The first-order chi connectivity index (χ1) is 6.85. The van der Waals surface area contributed by atoms with E-state index in [-0.39, 0.29) is 0 Å². The van der Waals surface area contributed by atoms with E-state index in [1.165, 1.54) is 5.56 Å². The molecule has 0 N–H and O–H groups in total. The van der Waals surface area contributed by atoms with Crippen LogP contribution >= 0.6 is 0 Å². The minimum absolute atomic E-state index is 1.17. The lowest BCUT2D eigenvalue weighted by Gasteiger charge is -1.85. The molecule has 0 atom stereocenters. The highest BCUT2D eigenvalue weighted by Gasteiger charge is 1.75. The van der Waals surface area contributed by atoms with Gasteiger partial charge in [0.15, 0.2) is 0 Å². The minimum atomic E-state index is 1.17. The maximum atomic E-state index is 8.00. The van der Waals surface area contributed by atoms with E-state index >= 15 is 0 Å². The van der Waals surface area contributed by atoms with E-state index in [1.54, 1.807) is 12.2 Å². The van der Waals surface area contributed by atoms with Crippen LogP contribution in [0.1, 0.15) is 5.56 Å². The van der Waals surface area contributed by atoms with Crippen molar-refractivity contribution in [2.75, 3.05) is 0 Å². The van der Waals surface area contributed by atoms with Crippen molar-refractivity contribution in [3.63, 3.8) is 0 Å². The van der Waals surface area contributed by atoms with Crippen molar-refractivity contribution >= 4 is 12.9 Å². The highest BCUT2D eigenvalue weighted by atomic mass is 16.1. The number of allylic oxidation sites excluding steroid dienone is 2. The standard InChI is InChI=1S/C8H8.C4H6.CH2O/c1-2-8-6-4-3-5-7-8;1-3-4-2;1-2/h2-7H,1H2;3-4H,1-2H2;1H2. The van der Waals surface area contributed by atoms with Crippen LogP contribution in [0.3, 0.4) is 0 Å². The van der Waals surface area contributed by atoms with Gasteiger partial charge >= 0.3 is 0 Å². The van der Waals surface area contributed by atoms with Crippen LogP contribution in [0.5, 0.6) is 0 Å². The summed E-state index contributed by atoms with van der Waals surface area (Å²) in [5.74, 6) is 0. The number of hydrogen-bond acceptors (Lipinski definition) is 1. The third kappa shape index (κ3) is 10.1. The van der Waals surface area contributed by atoms with Gasteiger partial charge in [-0.2, -0.15) is 0 Å². The molecule has 0 amide bonds. The molecule has 1 nitrogen and oxygen atoms in total. The van der Waals surface area contributed by atoms with Gasteiger partial charge in [0.2, 0.25) is 0 Å². The molecular weight excluding hydrogens is 172 g/mol. The molecule has 0 aromatic heterocycles. The Balaban J connectivity index is 0. The van der Waals surface area contributed by atoms with Gasteiger partial charge in [0.05, 0.1) is 0 Å². The molecule has 14 heavy (non-hydrogen) atoms. The maximum Gasteiger partial charge on any atom is 0.106 e. The van der Waals surface area contributed by atoms with Crippen molar-refractivity contribution in [3.05, 3.63) is 67.8 Å². The summed E-state index contributed by atoms with van der Waals surface area (Å²) in [6, 6.07) is 10.0. The molecule has 74 valence electrons. The van der Waals surface area contributed by atoms with E-state index in [2.05, 4.69) is 19.7 Å². The zero-order chi connectivity index (χ0) is 11.2. The SMILES string of the molecule is C=CC=C.C=Cc1ccccc1.C=O. The van der Waals surface area contributed by atoms with E-state index in [0.717, 1.165) is 0 Å². The largest absolute Gasteiger partial charge is 0.307 e. The van der Waals surface area contributed by atoms with Crippen molar-refractivity contribution in [2.24, 2.45) is 0 Å². The molecule has 0 bridgehead atoms. The Hall–Kier alpha value is -1.89. The lowest BCUT2D eigenvalue weighted by atomic mass is 10.2. The summed E-state index contributed by atoms with van der Waals surface area (Å²) in [5.41, 5.74) is 1.17. The summed E-state index contributed by atoms with van der Waals surface area (Å²) in [6.07, 6.45) is 5.11. The predicted molar refractivity (Wildman–Crippen MR) is 64.0 cm³/mol. The summed E-state index contributed by atoms with van der Waals surface area (Å²) in [5, 5.41) is 0. The number of hydrogen-bond donors (Lipinski definition) is 0. The van der Waals surface area contributed by atoms with Crippen molar-refractivity contribution in [3.8, 4) is 0 Å². The molecule has 1 rings (SSSR count). The monoisotopic (exact) mass is 188 g/mol. The first-order valence-electron chi connectivity index (χ1n) is 4.05. The fourth-order valence-corrected chi connectivity index (χ4v) is 0.589. The summed E-state index contributed by atoms with van der Waals surface area (Å²) in [4.78, 5) is 8.00. The Bertz CT molecular complexity index is 243. The molecule has 0 unspecified atom stereocenters. The molecule has 0 heterocycles. The Morgan fingerprint density at radius 3 is 1.50 bits per heavy atom. The normalized spacial score (nSPS) is 6.57. The van der Waals surface area contributed by atoms with Gasteiger partial charge in [-0.3, -0.25) is 0 Å². The third-order valence-corrected chi connectivity index (χ3v) is 1.20. The molecule has 0 aliphatic heterocycles. The van der Waals surface area contributed by atoms with Crippen LogP contribution < -0.4 is 0 Å². The molecule has 0 radical (unpaired) electrons. The first-order valence-corrected chi connectivity index (χ1v) is 4.05. The van der Waals surface area contributed by atoms with Crippen LogP contribution in [0.2, 0.25) is 0 Å². The van der Waals surface area contributed by atoms with Gasteiger partial charge in [0, 0.05) is 0 Å². The van der Waals surface area contributed by atoms with Crippen LogP contribution in [0.15, 0.2) is 62.2 Å². The minimum Gasteiger partial charge on any atom is -0.307 e. The van der Waals surface area contributed by atoms with E-state index < -0.39 is 0 Å². The molecule has 0 aliphatic carbocycles. The van der Waals surface area contributed by atoms with Gasteiger partial charge in [-0.1, -0.05) is 68.3 Å². The Morgan fingerprint density at radius 1 is 0.857 bits per heavy atom. The molecule has 0 aliphatic rings. The maximum absolute atomic E-state index is 8.00. The van der Waals surface area contributed by atoms with Crippen molar-refractivity contribution in [1.29, 1.82) is 0 Å². The molecule has 1 aromatic rings. The lowest BCUT2D eigenvalue weighted by molar-refractivity contribution is -0.0979. The van der Waals surface area contributed by atoms with Crippen LogP contribution in [0.25, 0.3) is 6.08 Å². The van der Waals surface area contributed by atoms with Gasteiger partial charge in [0.25, 0.3) is 0 Å². The number of carbonyl (C=O) groups is 1. The second-order valence-corrected chi connectivity index (χ2v) is 2.09. The molecule has 0 saturated heterocycles. The molecule has 1 aromatic carbocycles. The fraction of sp³-hybridized carbons (Fsp3) is 0. The topological polar surface area (TPSA) is 17.1 Å². The highest BCUT2D eigenvalue weighted by Crippen LogP contribution is 1.97. The zero-order valence-electron chi connectivity index (χ0n) is 8.36. The predicted octanol–water partition coefficient (Wildman–Crippen LogP) is 3.50. The van der Waals surface area contributed by atoms with Crippen LogP contribution in [-0.2, 0) is 4.79 Å². The Kier molecular flexibility index (Phi) is 14.3. The highest BCUT2D eigenvalue weighted by molar-refractivity contribution is 5.45. The smallest absolute Gasteiger partial charge is 0.106 e. The summed E-state index contributed by atoms with van der Waals surface area (Å²) < 4.78 is 0. The van der Waals surface area contributed by atoms with Gasteiger partial charge in [-0.25, -0.2) is 0 Å². The Morgan fingerprint density at radius 2 is 1.29 bits per heavy atom. The van der Waals surface area contributed by atoms with Crippen LogP contribution in [-0.4, -0.2) is 6.79 Å². The number of carbonyl (C=O) groups excluding carboxylic acids is 1. The number of benzene rings is 1. The Labute approximate surface area is 86.1 Å². The molecule has 0 saturated carbocycles. The van der Waals surface area contributed by atoms with Crippen LogP contribution in [0, 0.1) is 0 Å². The molecule has 1 heteroatoms. The lowest BCUT2D eigenvalue weighted by Crippen LogP contribution is -1.63. The average Bonchev–Trinajstić information content (AvgIpc) is 2.33. The second kappa shape index (κ2) is 13.7. The van der Waals surface area contributed by atoms with E-state index in [4.69, 9.17) is 4.79 Å². The third-order valence-electron chi connectivity index (χ3n) is 1.20. The fourth-order valence-electron chi connectivity index (χ4n) is 0.589. The number of rotatable bonds is 2. The van der Waals surface area contributed by atoms with E-state index in [9.17, 15) is 0 Å². The summed E-state index contributed by atoms with van der Waals surface area (Å²) in [7, 11) is 0.